The molecule has 0 spiro atoms. The van der Waals surface area contributed by atoms with Crippen LogP contribution in [-0.2, 0) is 0 Å². The van der Waals surface area contributed by atoms with Crippen molar-refractivity contribution in [3.05, 3.63) is 35.1 Å². The number of benzene rings is 1. The third-order valence-electron chi connectivity index (χ3n) is 5.80. The average Bonchev–Trinajstić information content (AvgIpc) is 2.64. The van der Waals surface area contributed by atoms with Gasteiger partial charge in [0.25, 0.3) is 5.91 Å². The molecule has 0 aromatic heterocycles. The van der Waals surface area contributed by atoms with Crippen LogP contribution in [0.2, 0.25) is 0 Å². The van der Waals surface area contributed by atoms with E-state index >= 15 is 0 Å². The number of aryl methyl sites for hydroxylation is 1. The second-order valence-corrected chi connectivity index (χ2v) is 9.25. The zero-order valence-corrected chi connectivity index (χ0v) is 17.9. The fourth-order valence-electron chi connectivity index (χ4n) is 3.66. The molecule has 0 bridgehead atoms. The highest BCUT2D eigenvalue weighted by atomic mass is 19.1. The molecule has 5 nitrogen and oxygen atoms in total. The average molecular weight is 394 g/mol. The number of carbonyl (C=O) groups excluding carboxylic acids is 1. The summed E-state index contributed by atoms with van der Waals surface area (Å²) in [5.41, 5.74) is 0.555. The molecule has 1 aliphatic heterocycles. The number of rotatable bonds is 8. The van der Waals surface area contributed by atoms with Crippen molar-refractivity contribution >= 4 is 5.91 Å². The molecule has 1 aliphatic rings. The molecule has 0 atom stereocenters. The second kappa shape index (κ2) is 9.33. The Bertz CT molecular complexity index is 668. The third kappa shape index (κ3) is 6.00. The van der Waals surface area contributed by atoms with Gasteiger partial charge in [-0.15, -0.1) is 0 Å². The van der Waals surface area contributed by atoms with Crippen LogP contribution in [0.5, 0.6) is 0 Å². The van der Waals surface area contributed by atoms with Crippen LogP contribution in [0.4, 0.5) is 4.39 Å². The number of hydrogen-bond donors (Lipinski definition) is 3. The summed E-state index contributed by atoms with van der Waals surface area (Å²) in [5.74, 6) is -0.625. The largest absolute Gasteiger partial charge is 0.396 e. The van der Waals surface area contributed by atoms with Gasteiger partial charge in [-0.1, -0.05) is 19.9 Å². The maximum absolute atomic E-state index is 13.7. The van der Waals surface area contributed by atoms with Crippen molar-refractivity contribution < 1.29 is 14.3 Å². The van der Waals surface area contributed by atoms with Crippen molar-refractivity contribution in [1.29, 1.82) is 0 Å². The molecule has 1 amide bonds. The number of nitrogens with zero attached hydrogens (tertiary/aromatic N) is 1. The Labute approximate surface area is 168 Å². The molecule has 1 saturated heterocycles. The minimum Gasteiger partial charge on any atom is -0.396 e. The number of amides is 1. The second-order valence-electron chi connectivity index (χ2n) is 9.25. The molecule has 6 heteroatoms. The van der Waals surface area contributed by atoms with E-state index in [9.17, 15) is 14.3 Å². The summed E-state index contributed by atoms with van der Waals surface area (Å²) in [6.45, 7) is 13.4. The Hall–Kier alpha value is -1.50. The Morgan fingerprint density at radius 1 is 1.32 bits per heavy atom. The molecule has 3 N–H and O–H groups in total. The first-order valence-electron chi connectivity index (χ1n) is 10.2. The van der Waals surface area contributed by atoms with E-state index in [1.54, 1.807) is 6.07 Å². The van der Waals surface area contributed by atoms with Crippen LogP contribution in [0, 0.1) is 18.2 Å². The van der Waals surface area contributed by atoms with Gasteiger partial charge in [0, 0.05) is 49.8 Å². The van der Waals surface area contributed by atoms with E-state index in [1.807, 2.05) is 20.8 Å². The number of halogens is 1. The van der Waals surface area contributed by atoms with Crippen LogP contribution in [-0.4, -0.2) is 60.3 Å². The molecule has 2 rings (SSSR count). The summed E-state index contributed by atoms with van der Waals surface area (Å²) in [6, 6.07) is 4.80. The van der Waals surface area contributed by atoms with Gasteiger partial charge in [-0.2, -0.15) is 0 Å². The fraction of sp³-hybridized carbons (Fsp3) is 0.682. The maximum Gasteiger partial charge on any atom is 0.252 e. The van der Waals surface area contributed by atoms with Crippen molar-refractivity contribution in [3.63, 3.8) is 0 Å². The van der Waals surface area contributed by atoms with Gasteiger partial charge >= 0.3 is 0 Å². The molecular weight excluding hydrogens is 357 g/mol. The van der Waals surface area contributed by atoms with E-state index in [-0.39, 0.29) is 23.5 Å². The normalized spacial score (nSPS) is 17.7. The number of aliphatic hydroxyl groups is 1. The van der Waals surface area contributed by atoms with Crippen LogP contribution >= 0.6 is 0 Å². The topological polar surface area (TPSA) is 64.6 Å². The molecule has 28 heavy (non-hydrogen) atoms. The molecule has 0 unspecified atom stereocenters. The zero-order valence-electron chi connectivity index (χ0n) is 17.9. The SMILES string of the molecule is Cc1ccc(F)cc1C(=O)NC1(CNCC(C)(C)CO)CCN(C(C)C)CC1. The van der Waals surface area contributed by atoms with E-state index in [2.05, 4.69) is 29.4 Å². The fourth-order valence-corrected chi connectivity index (χ4v) is 3.66. The predicted octanol–water partition coefficient (Wildman–Crippen LogP) is 2.72. The Morgan fingerprint density at radius 3 is 2.54 bits per heavy atom. The molecule has 1 fully saturated rings. The van der Waals surface area contributed by atoms with Crippen LogP contribution in [0.1, 0.15) is 56.5 Å². The Morgan fingerprint density at radius 2 is 1.96 bits per heavy atom. The zero-order chi connectivity index (χ0) is 20.9. The monoisotopic (exact) mass is 393 g/mol. The lowest BCUT2D eigenvalue weighted by Crippen LogP contribution is -2.61. The molecule has 0 aliphatic carbocycles. The summed E-state index contributed by atoms with van der Waals surface area (Å²) in [4.78, 5) is 15.4. The molecule has 1 heterocycles. The van der Waals surface area contributed by atoms with E-state index in [4.69, 9.17) is 0 Å². The van der Waals surface area contributed by atoms with Crippen molar-refractivity contribution in [2.24, 2.45) is 5.41 Å². The third-order valence-corrected chi connectivity index (χ3v) is 5.80. The van der Waals surface area contributed by atoms with Gasteiger partial charge in [0.2, 0.25) is 0 Å². The summed E-state index contributed by atoms with van der Waals surface area (Å²) in [5, 5.41) is 16.2. The van der Waals surface area contributed by atoms with Gasteiger partial charge < -0.3 is 20.6 Å². The van der Waals surface area contributed by atoms with Crippen molar-refractivity contribution in [1.82, 2.24) is 15.5 Å². The number of carbonyl (C=O) groups is 1. The predicted molar refractivity (Wildman–Crippen MR) is 111 cm³/mol. The summed E-state index contributed by atoms with van der Waals surface area (Å²) in [6.07, 6.45) is 1.66. The minimum absolute atomic E-state index is 0.100. The highest BCUT2D eigenvalue weighted by Gasteiger charge is 2.37. The summed E-state index contributed by atoms with van der Waals surface area (Å²) >= 11 is 0. The van der Waals surface area contributed by atoms with Gasteiger partial charge in [-0.3, -0.25) is 4.79 Å². The Kier molecular flexibility index (Phi) is 7.59. The highest BCUT2D eigenvalue weighted by Crippen LogP contribution is 2.25. The molecule has 158 valence electrons. The van der Waals surface area contributed by atoms with Crippen LogP contribution in [0.25, 0.3) is 0 Å². The standard InChI is InChI=1S/C22H36FN3O2/c1-16(2)26-10-8-22(9-11-26,14-24-13-21(4,5)15-27)25-20(28)19-12-18(23)7-6-17(19)3/h6-7,12,16,24,27H,8-11,13-15H2,1-5H3,(H,25,28). The van der Waals surface area contributed by atoms with E-state index in [0.29, 0.717) is 24.7 Å². The van der Waals surface area contributed by atoms with Gasteiger partial charge in [0.1, 0.15) is 5.82 Å². The number of aliphatic hydroxyl groups excluding tert-OH is 1. The Balaban J connectivity index is 2.14. The quantitative estimate of drug-likeness (QED) is 0.635. The molecule has 0 saturated carbocycles. The number of likely N-dealkylation sites (tertiary alicyclic amines) is 1. The number of piperidine rings is 1. The van der Waals surface area contributed by atoms with Crippen molar-refractivity contribution in [2.45, 2.75) is 59.0 Å². The summed E-state index contributed by atoms with van der Waals surface area (Å²) < 4.78 is 13.7. The van der Waals surface area contributed by atoms with Gasteiger partial charge in [-0.25, -0.2) is 4.39 Å². The van der Waals surface area contributed by atoms with E-state index in [1.165, 1.54) is 12.1 Å². The molecule has 1 aromatic rings. The van der Waals surface area contributed by atoms with Crippen molar-refractivity contribution in [3.8, 4) is 0 Å². The lowest BCUT2D eigenvalue weighted by atomic mass is 9.85. The van der Waals surface area contributed by atoms with E-state index in [0.717, 1.165) is 31.5 Å². The van der Waals surface area contributed by atoms with E-state index < -0.39 is 5.82 Å². The minimum atomic E-state index is -0.401. The van der Waals surface area contributed by atoms with Gasteiger partial charge in [0.15, 0.2) is 0 Å². The van der Waals surface area contributed by atoms with Crippen LogP contribution in [0.15, 0.2) is 18.2 Å². The smallest absolute Gasteiger partial charge is 0.252 e. The summed E-state index contributed by atoms with van der Waals surface area (Å²) in [7, 11) is 0. The first-order chi connectivity index (χ1) is 13.1. The molecular formula is C22H36FN3O2. The highest BCUT2D eigenvalue weighted by molar-refractivity contribution is 5.96. The van der Waals surface area contributed by atoms with Crippen LogP contribution < -0.4 is 10.6 Å². The van der Waals surface area contributed by atoms with Crippen LogP contribution in [0.3, 0.4) is 0 Å². The maximum atomic E-state index is 13.7. The lowest BCUT2D eigenvalue weighted by molar-refractivity contribution is 0.0747. The number of hydrogen-bond acceptors (Lipinski definition) is 4. The van der Waals surface area contributed by atoms with Crippen molar-refractivity contribution in [2.75, 3.05) is 32.8 Å². The first kappa shape index (κ1) is 22.8. The van der Waals surface area contributed by atoms with Gasteiger partial charge in [-0.05, 0) is 51.3 Å². The number of nitrogens with one attached hydrogen (secondary N) is 2. The molecule has 1 aromatic carbocycles. The first-order valence-corrected chi connectivity index (χ1v) is 10.2. The molecule has 0 radical (unpaired) electrons. The van der Waals surface area contributed by atoms with Gasteiger partial charge in [0.05, 0.1) is 5.54 Å². The lowest BCUT2D eigenvalue weighted by Gasteiger charge is -2.44.